The largest absolute Gasteiger partial charge is 0.380 e. The van der Waals surface area contributed by atoms with E-state index >= 15 is 0 Å². The minimum absolute atomic E-state index is 0.869. The van der Waals surface area contributed by atoms with E-state index in [9.17, 15) is 0 Å². The van der Waals surface area contributed by atoms with E-state index in [2.05, 4.69) is 47.6 Å². The van der Waals surface area contributed by atoms with Gasteiger partial charge in [0.25, 0.3) is 0 Å². The second-order valence-electron chi connectivity index (χ2n) is 4.08. The lowest BCUT2D eigenvalue weighted by Crippen LogP contribution is -2.08. The van der Waals surface area contributed by atoms with Crippen molar-refractivity contribution in [3.8, 4) is 11.3 Å². The van der Waals surface area contributed by atoms with Crippen molar-refractivity contribution in [2.45, 2.75) is 20.4 Å². The van der Waals surface area contributed by atoms with Crippen molar-refractivity contribution < 1.29 is 0 Å². The van der Waals surface area contributed by atoms with Gasteiger partial charge in [0.15, 0.2) is 0 Å². The number of aryl methyl sites for hydroxylation is 2. The maximum Gasteiger partial charge on any atom is 0.0994 e. The maximum atomic E-state index is 4.37. The summed E-state index contributed by atoms with van der Waals surface area (Å²) in [6.07, 6.45) is 0. The fourth-order valence-corrected chi connectivity index (χ4v) is 2.08. The quantitative estimate of drug-likeness (QED) is 0.684. The highest BCUT2D eigenvalue weighted by Gasteiger charge is 2.19. The van der Waals surface area contributed by atoms with E-state index < -0.39 is 0 Å². The molecule has 0 spiro atoms. The molecule has 0 bridgehead atoms. The maximum absolute atomic E-state index is 4.37. The molecule has 15 heavy (non-hydrogen) atoms. The van der Waals surface area contributed by atoms with Crippen LogP contribution in [0.25, 0.3) is 11.3 Å². The van der Waals surface area contributed by atoms with Crippen LogP contribution >= 0.6 is 0 Å². The Labute approximate surface area is 88.5 Å². The van der Waals surface area contributed by atoms with Crippen LogP contribution in [0.3, 0.4) is 0 Å². The zero-order chi connectivity index (χ0) is 10.4. The molecule has 0 atom stereocenters. The smallest absolute Gasteiger partial charge is 0.0994 e. The number of anilines is 1. The number of aromatic nitrogens is 2. The average molecular weight is 199 g/mol. The first kappa shape index (κ1) is 8.53. The van der Waals surface area contributed by atoms with Crippen molar-refractivity contribution in [1.29, 1.82) is 0 Å². The lowest BCUT2D eigenvalue weighted by molar-refractivity contribution is 1.05. The fraction of sp³-hybridized carbons (Fsp3) is 0.250. The van der Waals surface area contributed by atoms with Crippen LogP contribution in [0.15, 0.2) is 18.2 Å². The van der Waals surface area contributed by atoms with Gasteiger partial charge in [0.05, 0.1) is 5.69 Å². The molecule has 0 unspecified atom stereocenters. The number of rotatable bonds is 0. The summed E-state index contributed by atoms with van der Waals surface area (Å²) < 4.78 is 0. The van der Waals surface area contributed by atoms with Crippen molar-refractivity contribution in [3.05, 3.63) is 35.0 Å². The molecule has 3 rings (SSSR count). The monoisotopic (exact) mass is 199 g/mol. The summed E-state index contributed by atoms with van der Waals surface area (Å²) in [7, 11) is 0. The lowest BCUT2D eigenvalue weighted by Gasteiger charge is -2.18. The van der Waals surface area contributed by atoms with E-state index in [0.717, 1.165) is 17.9 Å². The third-order valence-corrected chi connectivity index (χ3v) is 2.96. The predicted molar refractivity (Wildman–Crippen MR) is 60.8 cm³/mol. The summed E-state index contributed by atoms with van der Waals surface area (Å²) in [6, 6.07) is 6.43. The van der Waals surface area contributed by atoms with Crippen molar-refractivity contribution >= 4 is 5.69 Å². The van der Waals surface area contributed by atoms with Crippen molar-refractivity contribution in [2.75, 3.05) is 5.32 Å². The Morgan fingerprint density at radius 3 is 3.00 bits per heavy atom. The van der Waals surface area contributed by atoms with Crippen molar-refractivity contribution in [2.24, 2.45) is 0 Å². The second-order valence-corrected chi connectivity index (χ2v) is 4.08. The molecule has 76 valence electrons. The van der Waals surface area contributed by atoms with Crippen LogP contribution in [0, 0.1) is 13.8 Å². The van der Waals surface area contributed by atoms with Gasteiger partial charge < -0.3 is 5.32 Å². The molecule has 0 radical (unpaired) electrons. The molecule has 0 saturated heterocycles. The molecule has 0 saturated carbocycles. The first-order valence-electron chi connectivity index (χ1n) is 5.14. The molecule has 2 aromatic rings. The molecule has 1 aromatic heterocycles. The SMILES string of the molecule is Cc1ccc2c(c1)-c1n[nH]c(C)c1CN2. The number of hydrogen-bond acceptors (Lipinski definition) is 2. The minimum atomic E-state index is 0.869. The molecular weight excluding hydrogens is 186 g/mol. The lowest BCUT2D eigenvalue weighted by atomic mass is 9.98. The van der Waals surface area contributed by atoms with Crippen molar-refractivity contribution in [3.63, 3.8) is 0 Å². The van der Waals surface area contributed by atoms with E-state index in [-0.39, 0.29) is 0 Å². The topological polar surface area (TPSA) is 40.7 Å². The second kappa shape index (κ2) is 2.86. The van der Waals surface area contributed by atoms with Crippen LogP contribution in [-0.2, 0) is 6.54 Å². The highest BCUT2D eigenvalue weighted by molar-refractivity contribution is 5.81. The van der Waals surface area contributed by atoms with Crippen LogP contribution in [0.4, 0.5) is 5.69 Å². The third kappa shape index (κ3) is 1.16. The van der Waals surface area contributed by atoms with E-state index in [1.165, 1.54) is 22.4 Å². The summed E-state index contributed by atoms with van der Waals surface area (Å²) in [4.78, 5) is 0. The molecule has 0 amide bonds. The Kier molecular flexibility index (Phi) is 1.63. The van der Waals surface area contributed by atoms with Crippen molar-refractivity contribution in [1.82, 2.24) is 10.2 Å². The normalized spacial score (nSPS) is 12.9. The van der Waals surface area contributed by atoms with E-state index in [1.807, 2.05) is 0 Å². The van der Waals surface area contributed by atoms with Gasteiger partial charge in [0.1, 0.15) is 0 Å². The van der Waals surface area contributed by atoms with Crippen LogP contribution in [0.5, 0.6) is 0 Å². The summed E-state index contributed by atoms with van der Waals surface area (Å²) in [5.41, 5.74) is 7.20. The first-order valence-corrected chi connectivity index (χ1v) is 5.14. The summed E-state index contributed by atoms with van der Waals surface area (Å²) in [6.45, 7) is 5.04. The number of aromatic amines is 1. The standard InChI is InChI=1S/C12H13N3/c1-7-3-4-11-9(5-7)12-10(6-13-11)8(2)14-15-12/h3-5,13H,6H2,1-2H3,(H,14,15). The van der Waals surface area contributed by atoms with Crippen LogP contribution in [0.1, 0.15) is 16.8 Å². The Balaban J connectivity index is 2.28. The molecule has 3 heteroatoms. The molecule has 2 N–H and O–H groups in total. The molecule has 2 heterocycles. The predicted octanol–water partition coefficient (Wildman–Crippen LogP) is 2.62. The van der Waals surface area contributed by atoms with Crippen LogP contribution < -0.4 is 5.32 Å². The van der Waals surface area contributed by atoms with Crippen LogP contribution in [0.2, 0.25) is 0 Å². The fourth-order valence-electron chi connectivity index (χ4n) is 2.08. The molecule has 1 aromatic carbocycles. The van der Waals surface area contributed by atoms with E-state index in [4.69, 9.17) is 0 Å². The average Bonchev–Trinajstić information content (AvgIpc) is 2.61. The highest BCUT2D eigenvalue weighted by atomic mass is 15.1. The number of fused-ring (bicyclic) bond motifs is 3. The van der Waals surface area contributed by atoms with Gasteiger partial charge in [-0.1, -0.05) is 11.6 Å². The van der Waals surface area contributed by atoms with Gasteiger partial charge in [-0.2, -0.15) is 5.10 Å². The van der Waals surface area contributed by atoms with Gasteiger partial charge in [-0.05, 0) is 26.0 Å². The first-order chi connectivity index (χ1) is 7.25. The molecule has 1 aliphatic rings. The van der Waals surface area contributed by atoms with E-state index in [1.54, 1.807) is 0 Å². The van der Waals surface area contributed by atoms with Gasteiger partial charge in [-0.15, -0.1) is 0 Å². The molecular formula is C12H13N3. The Hall–Kier alpha value is -1.77. The molecule has 0 aliphatic carbocycles. The zero-order valence-electron chi connectivity index (χ0n) is 8.89. The summed E-state index contributed by atoms with van der Waals surface area (Å²) in [5, 5.41) is 10.8. The third-order valence-electron chi connectivity index (χ3n) is 2.96. The molecule has 3 nitrogen and oxygen atoms in total. The van der Waals surface area contributed by atoms with Crippen LogP contribution in [-0.4, -0.2) is 10.2 Å². The number of nitrogens with one attached hydrogen (secondary N) is 2. The van der Waals surface area contributed by atoms with Gasteiger partial charge in [0, 0.05) is 29.1 Å². The number of H-pyrrole nitrogens is 1. The molecule has 0 fully saturated rings. The van der Waals surface area contributed by atoms with Gasteiger partial charge in [0.2, 0.25) is 0 Å². The highest BCUT2D eigenvalue weighted by Crippen LogP contribution is 2.35. The number of hydrogen-bond donors (Lipinski definition) is 2. The Morgan fingerprint density at radius 1 is 1.27 bits per heavy atom. The number of nitrogens with zero attached hydrogens (tertiary/aromatic N) is 1. The molecule has 1 aliphatic heterocycles. The summed E-state index contributed by atoms with van der Waals surface area (Å²) >= 11 is 0. The van der Waals surface area contributed by atoms with Gasteiger partial charge >= 0.3 is 0 Å². The number of benzene rings is 1. The Bertz CT molecular complexity index is 526. The van der Waals surface area contributed by atoms with E-state index in [0.29, 0.717) is 0 Å². The zero-order valence-corrected chi connectivity index (χ0v) is 8.89. The van der Waals surface area contributed by atoms with Gasteiger partial charge in [-0.25, -0.2) is 0 Å². The minimum Gasteiger partial charge on any atom is -0.380 e. The summed E-state index contributed by atoms with van der Waals surface area (Å²) in [5.74, 6) is 0. The van der Waals surface area contributed by atoms with Gasteiger partial charge in [-0.3, -0.25) is 5.10 Å². The Morgan fingerprint density at radius 2 is 2.13 bits per heavy atom.